The van der Waals surface area contributed by atoms with Crippen molar-refractivity contribution in [2.45, 2.75) is 298 Å². The molecular formula is C62H107NO43. The molecule has 0 aromatic rings. The molecule has 0 radical (unpaired) electrons. The summed E-state index contributed by atoms with van der Waals surface area (Å²) in [6, 6.07) is -1.55. The number of hydrogen-bond donors (Lipinski definition) is 26. The molecule has 17 unspecified atom stereocenters. The van der Waals surface area contributed by atoms with Crippen LogP contribution in [-0.2, 0) is 85.3 Å². The molecule has 44 nitrogen and oxygen atoms in total. The van der Waals surface area contributed by atoms with Crippen LogP contribution in [0.5, 0.6) is 0 Å². The third kappa shape index (κ3) is 18.1. The second kappa shape index (κ2) is 37.4. The zero-order valence-corrected chi connectivity index (χ0v) is 58.2. The molecule has 0 spiro atoms. The maximum atomic E-state index is 12.8. The number of rotatable bonds is 28. The predicted molar refractivity (Wildman–Crippen MR) is 332 cm³/mol. The van der Waals surface area contributed by atoms with Crippen LogP contribution in [0, 0.1) is 23.7 Å². The normalized spacial score (nSPS) is 51.9. The topological polar surface area (TPSA) is 706 Å². The molecule has 27 N–H and O–H groups in total. The van der Waals surface area contributed by atoms with Crippen molar-refractivity contribution in [1.29, 1.82) is 0 Å². The third-order valence-corrected chi connectivity index (χ3v) is 21.5. The number of hydrogen-bond acceptors (Lipinski definition) is 43. The molecule has 9 heterocycles. The first-order valence-corrected chi connectivity index (χ1v) is 35.0. The largest absolute Gasteiger partial charge is 0.477 e. The standard InChI is InChI=1S/C62H107NO43/c1-16-20(5)92-26(11-68)47(33(16)74)100-55-18(3)34(75)49(28(13-70)96-55)102-58-46(87)51(41(82)29(98-58)14-90-59-52(43(84)38(79)24(9-66)94-59)104-54-17(2)32(73)37(78)23(8-65)93-54)103-60-53(44(85)39(80)25(10-67)95-60)105-56-19(4)35(76)48(27(12-69)97-56)101-57-45(86)42(83)40(81)30(99-57)15-91-62(61(88)89)6-21(71)31(63)50(106-62)36(77)22(72)7-64/h16-60,64-87H,6-15,63H2,1-5H3,(H,88,89)/t16-,17?,18+,19+,20+,21-,22-,23+,24?,25-,26?,27?,28?,29?,30?,31-,32?,33?,34?,35?,36-,37-,38-,39-,40+,41-,42?,43?,44?,45+,46-,47-,48-,49-,50?,51?,52-,53?,54+,55+,56+,57+,58+,59+,60-,62-/m1/s1. The number of carboxylic acid groups (broad SMARTS) is 1. The lowest BCUT2D eigenvalue weighted by Crippen LogP contribution is -2.68. The predicted octanol–water partition coefficient (Wildman–Crippen LogP) is -15.3. The molecule has 0 amide bonds. The molecule has 9 rings (SSSR count). The Bertz CT molecular complexity index is 2690. The van der Waals surface area contributed by atoms with E-state index in [0.29, 0.717) is 0 Å². The van der Waals surface area contributed by atoms with E-state index >= 15 is 0 Å². The van der Waals surface area contributed by atoms with Gasteiger partial charge in [-0.2, -0.15) is 0 Å². The third-order valence-electron chi connectivity index (χ3n) is 21.5. The summed E-state index contributed by atoms with van der Waals surface area (Å²) in [5.41, 5.74) is 5.95. The van der Waals surface area contributed by atoms with E-state index in [-0.39, 0.29) is 0 Å². The molecule has 44 heteroatoms. The lowest BCUT2D eigenvalue weighted by molar-refractivity contribution is -0.402. The van der Waals surface area contributed by atoms with Gasteiger partial charge in [0.25, 0.3) is 5.79 Å². The van der Waals surface area contributed by atoms with E-state index in [1.54, 1.807) is 13.8 Å². The molecule has 0 aromatic heterocycles. The Morgan fingerprint density at radius 2 is 0.755 bits per heavy atom. The van der Waals surface area contributed by atoms with E-state index in [9.17, 15) is 132 Å². The lowest BCUT2D eigenvalue weighted by atomic mass is 9.88. The van der Waals surface area contributed by atoms with Gasteiger partial charge in [-0.25, -0.2) is 4.79 Å². The number of carboxylic acids is 1. The Balaban J connectivity index is 0.963. The zero-order valence-electron chi connectivity index (χ0n) is 58.2. The van der Waals surface area contributed by atoms with Gasteiger partial charge in [0, 0.05) is 30.1 Å². The van der Waals surface area contributed by atoms with Gasteiger partial charge in [-0.15, -0.1) is 0 Å². The van der Waals surface area contributed by atoms with Crippen molar-refractivity contribution in [3.05, 3.63) is 0 Å². The first-order valence-electron chi connectivity index (χ1n) is 35.0. The average molecular weight is 1550 g/mol. The highest BCUT2D eigenvalue weighted by molar-refractivity contribution is 5.76. The van der Waals surface area contributed by atoms with Crippen molar-refractivity contribution in [1.82, 2.24) is 0 Å². The molecule has 0 aromatic carbocycles. The minimum absolute atomic E-state index is 0.530. The number of nitrogens with two attached hydrogens (primary N) is 1. The Kier molecular flexibility index (Phi) is 30.9. The second-order valence-corrected chi connectivity index (χ2v) is 28.6. The number of aliphatic carboxylic acids is 1. The van der Waals surface area contributed by atoms with Crippen LogP contribution >= 0.6 is 0 Å². The number of ether oxygens (including phenoxy) is 17. The molecule has 9 saturated heterocycles. The van der Waals surface area contributed by atoms with E-state index in [0.717, 1.165) is 0 Å². The van der Waals surface area contributed by atoms with Crippen molar-refractivity contribution in [3.63, 3.8) is 0 Å². The highest BCUT2D eigenvalue weighted by Crippen LogP contribution is 2.42. The van der Waals surface area contributed by atoms with Crippen LogP contribution in [0.4, 0.5) is 0 Å². The Morgan fingerprint density at radius 3 is 1.24 bits per heavy atom. The van der Waals surface area contributed by atoms with Gasteiger partial charge in [0.2, 0.25) is 0 Å². The quantitative estimate of drug-likeness (QED) is 0.0346. The van der Waals surface area contributed by atoms with Gasteiger partial charge in [-0.05, 0) is 6.92 Å². The van der Waals surface area contributed by atoms with Gasteiger partial charge in [0.05, 0.1) is 102 Å². The molecule has 0 bridgehead atoms. The van der Waals surface area contributed by atoms with Crippen LogP contribution in [0.2, 0.25) is 0 Å². The molecule has 9 fully saturated rings. The van der Waals surface area contributed by atoms with Crippen LogP contribution in [-0.4, -0.2) is 450 Å². The fourth-order valence-corrected chi connectivity index (χ4v) is 14.4. The maximum Gasteiger partial charge on any atom is 0.364 e. The van der Waals surface area contributed by atoms with Gasteiger partial charge < -0.3 is 214 Å². The minimum Gasteiger partial charge on any atom is -0.477 e. The highest BCUT2D eigenvalue weighted by Gasteiger charge is 2.61. The van der Waals surface area contributed by atoms with Crippen molar-refractivity contribution >= 4 is 5.97 Å². The first kappa shape index (κ1) is 87.8. The van der Waals surface area contributed by atoms with Gasteiger partial charge in [-0.1, -0.05) is 27.7 Å². The summed E-state index contributed by atoms with van der Waals surface area (Å²) < 4.78 is 101. The molecule has 9 aliphatic heterocycles. The lowest BCUT2D eigenvalue weighted by Gasteiger charge is -2.51. The van der Waals surface area contributed by atoms with Gasteiger partial charge in [-0.3, -0.25) is 0 Å². The number of aliphatic hydroxyl groups excluding tert-OH is 24. The van der Waals surface area contributed by atoms with E-state index in [1.807, 2.05) is 0 Å². The van der Waals surface area contributed by atoms with Crippen LogP contribution in [0.25, 0.3) is 0 Å². The Hall–Kier alpha value is -2.21. The fourth-order valence-electron chi connectivity index (χ4n) is 14.4. The van der Waals surface area contributed by atoms with Crippen LogP contribution < -0.4 is 5.73 Å². The molecule has 106 heavy (non-hydrogen) atoms. The fraction of sp³-hybridized carbons (Fsp3) is 0.984. The van der Waals surface area contributed by atoms with Gasteiger partial charge in [0.1, 0.15) is 165 Å². The summed E-state index contributed by atoms with van der Waals surface area (Å²) >= 11 is 0. The Morgan fingerprint density at radius 1 is 0.387 bits per heavy atom. The summed E-state index contributed by atoms with van der Waals surface area (Å²) in [4.78, 5) is 12.8. The van der Waals surface area contributed by atoms with Crippen molar-refractivity contribution < 1.29 is 213 Å². The summed E-state index contributed by atoms with van der Waals surface area (Å²) in [6.45, 7) is -1.28. The van der Waals surface area contributed by atoms with E-state index < -0.39 is 353 Å². The van der Waals surface area contributed by atoms with Gasteiger partial charge in [0.15, 0.2) is 44.0 Å². The maximum absolute atomic E-state index is 12.8. The minimum atomic E-state index is -2.93. The molecule has 9 aliphatic rings. The molecule has 618 valence electrons. The summed E-state index contributed by atoms with van der Waals surface area (Å²) in [7, 11) is 0. The summed E-state index contributed by atoms with van der Waals surface area (Å²) in [5, 5.41) is 275. The van der Waals surface area contributed by atoms with Crippen molar-refractivity contribution in [3.8, 4) is 0 Å². The molecule has 0 aliphatic carbocycles. The average Bonchev–Trinajstić information content (AvgIpc) is 0.778. The van der Waals surface area contributed by atoms with Crippen LogP contribution in [0.1, 0.15) is 41.0 Å². The zero-order chi connectivity index (χ0) is 78.1. The number of aliphatic hydroxyl groups is 24. The van der Waals surface area contributed by atoms with Crippen LogP contribution in [0.3, 0.4) is 0 Å². The SMILES string of the molecule is CC1C(O)[C@H](O)[C@H](CO)O[C@H]1O[C@@H]1C(O)[C@H](O)C(CO)O[C@@H]1OCC1O[C@@H](O[C@@H]2C(CO)O[C@@H](O[C@@H]3C(CO)O[C@@H](C)[C@@H](C)C3O)[C@@H](C)C2O)[C@H](O)C(O[C@H]2O[C@H](CO)[C@@H](O)C(O)C2O[C@@H]2OC(CO)[C@@H](O[C@@H]3OC(CO[C@]4(C(=O)O)C[C@@H](O)[C@@H](N)C([C@H](O)[C@H](O)CO)O4)[C@H](O)C(O)[C@@H]3O)C(O)[C@@H]2C)[C@@H]1O. The van der Waals surface area contributed by atoms with E-state index in [1.165, 1.54) is 20.8 Å². The Labute approximate surface area is 604 Å². The number of carbonyl (C=O) groups is 1. The van der Waals surface area contributed by atoms with Gasteiger partial charge >= 0.3 is 5.97 Å². The molecule has 0 saturated carbocycles. The first-order chi connectivity index (χ1) is 50.1. The van der Waals surface area contributed by atoms with Crippen molar-refractivity contribution in [2.75, 3.05) is 59.5 Å². The second-order valence-electron chi connectivity index (χ2n) is 28.6. The monoisotopic (exact) mass is 1550 g/mol. The van der Waals surface area contributed by atoms with E-state index in [2.05, 4.69) is 0 Å². The van der Waals surface area contributed by atoms with Crippen molar-refractivity contribution in [2.24, 2.45) is 29.4 Å². The smallest absolute Gasteiger partial charge is 0.364 e. The summed E-state index contributed by atoms with van der Waals surface area (Å²) in [5.74, 6) is -9.13. The van der Waals surface area contributed by atoms with Crippen LogP contribution in [0.15, 0.2) is 0 Å². The summed E-state index contributed by atoms with van der Waals surface area (Å²) in [6.07, 6.45) is -74.4. The molecular weight excluding hydrogens is 1450 g/mol. The van der Waals surface area contributed by atoms with E-state index in [4.69, 9.17) is 86.3 Å². The molecule has 46 atom stereocenters. The highest BCUT2D eigenvalue weighted by atomic mass is 16.8.